The zero-order chi connectivity index (χ0) is 14.4. The predicted molar refractivity (Wildman–Crippen MR) is 75.8 cm³/mol. The Bertz CT molecular complexity index is 543. The molecule has 0 saturated carbocycles. The molecular weight excluding hydrogens is 256 g/mol. The Balaban J connectivity index is 2.30. The van der Waals surface area contributed by atoms with Crippen molar-refractivity contribution in [2.45, 2.75) is 18.5 Å². The van der Waals surface area contributed by atoms with E-state index in [1.165, 1.54) is 0 Å². The average molecular weight is 270 g/mol. The minimum atomic E-state index is -1.86. The maximum atomic E-state index is 11.4. The van der Waals surface area contributed by atoms with Crippen molar-refractivity contribution in [1.29, 1.82) is 0 Å². The lowest BCUT2D eigenvalue weighted by Gasteiger charge is -2.18. The van der Waals surface area contributed by atoms with Gasteiger partial charge in [0.2, 0.25) is 0 Å². The van der Waals surface area contributed by atoms with E-state index in [0.717, 1.165) is 11.1 Å². The molecule has 0 spiro atoms. The SMILES string of the molecule is O=NC(Cc1ccccc1)(Cc1ccccc1)[N+](=O)[O-]. The van der Waals surface area contributed by atoms with Crippen molar-refractivity contribution < 1.29 is 4.92 Å². The molecule has 0 amide bonds. The maximum Gasteiger partial charge on any atom is 0.356 e. The van der Waals surface area contributed by atoms with Gasteiger partial charge in [-0.15, -0.1) is 4.91 Å². The van der Waals surface area contributed by atoms with Crippen molar-refractivity contribution in [2.75, 3.05) is 0 Å². The summed E-state index contributed by atoms with van der Waals surface area (Å²) in [5.41, 5.74) is -0.414. The van der Waals surface area contributed by atoms with Gasteiger partial charge < -0.3 is 0 Å². The highest BCUT2D eigenvalue weighted by molar-refractivity contribution is 5.21. The van der Waals surface area contributed by atoms with Crippen LogP contribution in [-0.4, -0.2) is 10.6 Å². The molecule has 2 aromatic carbocycles. The van der Waals surface area contributed by atoms with E-state index in [0.29, 0.717) is 0 Å². The topological polar surface area (TPSA) is 72.6 Å². The van der Waals surface area contributed by atoms with Gasteiger partial charge in [0.25, 0.3) is 0 Å². The smallest absolute Gasteiger partial charge is 0.262 e. The van der Waals surface area contributed by atoms with Gasteiger partial charge in [0.1, 0.15) is 0 Å². The molecule has 0 fully saturated rings. The fraction of sp³-hybridized carbons (Fsp3) is 0.200. The normalized spacial score (nSPS) is 11.0. The molecule has 0 bridgehead atoms. The van der Waals surface area contributed by atoms with Gasteiger partial charge in [-0.1, -0.05) is 60.7 Å². The van der Waals surface area contributed by atoms with E-state index in [2.05, 4.69) is 5.18 Å². The van der Waals surface area contributed by atoms with Crippen molar-refractivity contribution in [1.82, 2.24) is 0 Å². The van der Waals surface area contributed by atoms with Crippen molar-refractivity contribution in [3.8, 4) is 0 Å². The van der Waals surface area contributed by atoms with Gasteiger partial charge in [-0.05, 0) is 11.1 Å². The Morgan fingerprint density at radius 2 is 1.30 bits per heavy atom. The van der Waals surface area contributed by atoms with Gasteiger partial charge in [-0.3, -0.25) is 10.1 Å². The van der Waals surface area contributed by atoms with Gasteiger partial charge in [-0.25, -0.2) is 0 Å². The predicted octanol–water partition coefficient (Wildman–Crippen LogP) is 3.21. The average Bonchev–Trinajstić information content (AvgIpc) is 2.48. The highest BCUT2D eigenvalue weighted by Gasteiger charge is 2.45. The Morgan fingerprint density at radius 1 is 0.900 bits per heavy atom. The van der Waals surface area contributed by atoms with E-state index in [1.54, 1.807) is 48.5 Å². The fourth-order valence-electron chi connectivity index (χ4n) is 2.14. The molecule has 5 heteroatoms. The molecule has 20 heavy (non-hydrogen) atoms. The molecule has 0 aliphatic rings. The second kappa shape index (κ2) is 6.06. The van der Waals surface area contributed by atoms with E-state index in [1.807, 2.05) is 12.1 Å². The monoisotopic (exact) mass is 270 g/mol. The van der Waals surface area contributed by atoms with E-state index < -0.39 is 10.6 Å². The molecule has 0 heterocycles. The van der Waals surface area contributed by atoms with Crippen LogP contribution in [0.3, 0.4) is 0 Å². The summed E-state index contributed by atoms with van der Waals surface area (Å²) < 4.78 is 0. The van der Waals surface area contributed by atoms with Crippen LogP contribution in [0.2, 0.25) is 0 Å². The third kappa shape index (κ3) is 3.06. The lowest BCUT2D eigenvalue weighted by Crippen LogP contribution is -2.40. The van der Waals surface area contributed by atoms with Gasteiger partial charge in [0.05, 0.1) is 17.8 Å². The van der Waals surface area contributed by atoms with Crippen LogP contribution in [0.25, 0.3) is 0 Å². The summed E-state index contributed by atoms with van der Waals surface area (Å²) >= 11 is 0. The second-order valence-electron chi connectivity index (χ2n) is 4.66. The molecule has 0 aliphatic carbocycles. The first kappa shape index (κ1) is 13.9. The minimum absolute atomic E-state index is 0.0146. The van der Waals surface area contributed by atoms with E-state index in [9.17, 15) is 15.0 Å². The summed E-state index contributed by atoms with van der Waals surface area (Å²) in [5.74, 6) is 0. The molecule has 5 nitrogen and oxygen atoms in total. The third-order valence-corrected chi connectivity index (χ3v) is 3.17. The number of hydrogen-bond donors (Lipinski definition) is 0. The number of benzene rings is 2. The van der Waals surface area contributed by atoms with Crippen LogP contribution in [0.1, 0.15) is 11.1 Å². The lowest BCUT2D eigenvalue weighted by molar-refractivity contribution is -0.568. The highest BCUT2D eigenvalue weighted by atomic mass is 16.6. The molecule has 0 radical (unpaired) electrons. The van der Waals surface area contributed by atoms with Crippen LogP contribution >= 0.6 is 0 Å². The summed E-state index contributed by atoms with van der Waals surface area (Å²) in [7, 11) is 0. The van der Waals surface area contributed by atoms with Gasteiger partial charge >= 0.3 is 5.66 Å². The van der Waals surface area contributed by atoms with Crippen LogP contribution in [0, 0.1) is 15.0 Å². The second-order valence-corrected chi connectivity index (χ2v) is 4.66. The first-order valence-corrected chi connectivity index (χ1v) is 6.23. The van der Waals surface area contributed by atoms with Gasteiger partial charge in [0, 0.05) is 5.18 Å². The van der Waals surface area contributed by atoms with Crippen LogP contribution in [0.5, 0.6) is 0 Å². The number of nitroso groups, excluding NO2 is 1. The molecule has 0 N–H and O–H groups in total. The van der Waals surface area contributed by atoms with Gasteiger partial charge in [0.15, 0.2) is 0 Å². The van der Waals surface area contributed by atoms with E-state index >= 15 is 0 Å². The molecule has 102 valence electrons. The lowest BCUT2D eigenvalue weighted by atomic mass is 9.94. The van der Waals surface area contributed by atoms with Crippen LogP contribution in [0.4, 0.5) is 0 Å². The van der Waals surface area contributed by atoms with E-state index in [-0.39, 0.29) is 12.8 Å². The fourth-order valence-corrected chi connectivity index (χ4v) is 2.14. The molecule has 2 aromatic rings. The molecule has 0 aliphatic heterocycles. The van der Waals surface area contributed by atoms with Crippen molar-refractivity contribution >= 4 is 0 Å². The summed E-state index contributed by atoms with van der Waals surface area (Å²) in [6.07, 6.45) is -0.0293. The molecule has 2 rings (SSSR count). The Morgan fingerprint density at radius 3 is 1.60 bits per heavy atom. The van der Waals surface area contributed by atoms with Gasteiger partial charge in [-0.2, -0.15) is 0 Å². The zero-order valence-electron chi connectivity index (χ0n) is 10.8. The summed E-state index contributed by atoms with van der Waals surface area (Å²) in [6, 6.07) is 17.8. The zero-order valence-corrected chi connectivity index (χ0v) is 10.8. The number of hydrogen-bond acceptors (Lipinski definition) is 4. The number of rotatable bonds is 6. The highest BCUT2D eigenvalue weighted by Crippen LogP contribution is 2.24. The molecule has 0 unspecified atom stereocenters. The van der Waals surface area contributed by atoms with E-state index in [4.69, 9.17) is 0 Å². The van der Waals surface area contributed by atoms with Crippen molar-refractivity contribution in [2.24, 2.45) is 5.18 Å². The Hall–Kier alpha value is -2.56. The van der Waals surface area contributed by atoms with Crippen LogP contribution in [0.15, 0.2) is 65.8 Å². The Labute approximate surface area is 116 Å². The quantitative estimate of drug-likeness (QED) is 0.459. The standard InChI is InChI=1S/C15H14N2O3/c18-16-15(17(19)20,11-13-7-3-1-4-8-13)12-14-9-5-2-6-10-14/h1-10H,11-12H2. The largest absolute Gasteiger partial charge is 0.356 e. The third-order valence-electron chi connectivity index (χ3n) is 3.17. The first-order valence-electron chi connectivity index (χ1n) is 6.23. The van der Waals surface area contributed by atoms with Crippen molar-refractivity contribution in [3.05, 3.63) is 86.8 Å². The first-order chi connectivity index (χ1) is 9.66. The molecule has 0 aromatic heterocycles. The maximum absolute atomic E-state index is 11.4. The minimum Gasteiger partial charge on any atom is -0.262 e. The summed E-state index contributed by atoms with van der Waals surface area (Å²) in [4.78, 5) is 22.0. The summed E-state index contributed by atoms with van der Waals surface area (Å²) in [6.45, 7) is 0. The van der Waals surface area contributed by atoms with Crippen LogP contribution in [-0.2, 0) is 12.8 Å². The molecule has 0 saturated heterocycles. The Kier molecular flexibility index (Phi) is 4.20. The van der Waals surface area contributed by atoms with Crippen molar-refractivity contribution in [3.63, 3.8) is 0 Å². The molecular formula is C15H14N2O3. The number of nitro groups is 1. The van der Waals surface area contributed by atoms with Crippen LogP contribution < -0.4 is 0 Å². The summed E-state index contributed by atoms with van der Waals surface area (Å²) in [5, 5.41) is 14.2. The molecule has 0 atom stereocenters. The number of nitrogens with zero attached hydrogens (tertiary/aromatic N) is 2.